The Morgan fingerprint density at radius 2 is 1.88 bits per heavy atom. The summed E-state index contributed by atoms with van der Waals surface area (Å²) in [6.07, 6.45) is -2.68. The number of hydrogen-bond donors (Lipinski definition) is 2. The maximum atomic E-state index is 13.0. The molecule has 3 aliphatic heterocycles. The second-order valence-electron chi connectivity index (χ2n) is 10.1. The molecule has 1 atom stereocenters. The number of benzene rings is 2. The lowest BCUT2D eigenvalue weighted by Crippen LogP contribution is -2.52. The van der Waals surface area contributed by atoms with Gasteiger partial charge in [-0.1, -0.05) is 24.3 Å². The number of anilines is 1. The highest BCUT2D eigenvalue weighted by Gasteiger charge is 2.37. The number of halogens is 3. The van der Waals surface area contributed by atoms with Gasteiger partial charge in [-0.15, -0.1) is 18.3 Å². The average Bonchev–Trinajstić information content (AvgIpc) is 3.23. The van der Waals surface area contributed by atoms with Crippen molar-refractivity contribution >= 4 is 11.8 Å². The van der Waals surface area contributed by atoms with E-state index in [4.69, 9.17) is 14.6 Å². The summed E-state index contributed by atoms with van der Waals surface area (Å²) >= 11 is 0. The number of methoxy groups -OCH3 is 1. The summed E-state index contributed by atoms with van der Waals surface area (Å²) in [5.41, 5.74) is 2.17. The highest BCUT2D eigenvalue weighted by atomic mass is 19.4. The van der Waals surface area contributed by atoms with Crippen LogP contribution in [0.15, 0.2) is 48.5 Å². The third kappa shape index (κ3) is 6.50. The summed E-state index contributed by atoms with van der Waals surface area (Å²) in [6.45, 7) is 4.82. The first-order valence-corrected chi connectivity index (χ1v) is 13.2. The van der Waals surface area contributed by atoms with Crippen molar-refractivity contribution in [2.24, 2.45) is 5.92 Å². The minimum Gasteiger partial charge on any atom is -0.471 e. The highest BCUT2D eigenvalue weighted by molar-refractivity contribution is 5.89. The molecule has 9 nitrogen and oxygen atoms in total. The molecular formula is C28H32F3N5O4. The van der Waals surface area contributed by atoms with Crippen molar-refractivity contribution in [2.75, 3.05) is 32.1 Å². The minimum atomic E-state index is -4.87. The van der Waals surface area contributed by atoms with E-state index in [1.807, 2.05) is 37.3 Å². The molecule has 3 aromatic rings. The summed E-state index contributed by atoms with van der Waals surface area (Å²) < 4.78 is 56.1. The molecule has 0 radical (unpaired) electrons. The number of hydrogen-bond acceptors (Lipinski definition) is 6. The molecule has 0 spiro atoms. The maximum Gasteiger partial charge on any atom is 0.573 e. The number of carbonyl (C=O) groups excluding carboxylic acids is 1. The number of ether oxygens (including phenoxy) is 3. The van der Waals surface area contributed by atoms with Crippen LogP contribution < -0.4 is 20.1 Å². The molecule has 40 heavy (non-hydrogen) atoms. The van der Waals surface area contributed by atoms with Crippen LogP contribution in [0.5, 0.6) is 11.6 Å². The van der Waals surface area contributed by atoms with E-state index in [-0.39, 0.29) is 24.8 Å². The van der Waals surface area contributed by atoms with Crippen molar-refractivity contribution in [2.45, 2.75) is 45.4 Å². The molecule has 2 amide bonds. The molecule has 0 aliphatic carbocycles. The number of para-hydroxylation sites is 1. The van der Waals surface area contributed by atoms with Crippen LogP contribution in [0.4, 0.5) is 23.8 Å². The molecule has 3 aliphatic rings. The van der Waals surface area contributed by atoms with Gasteiger partial charge in [0.25, 0.3) is 0 Å². The zero-order chi connectivity index (χ0) is 28.3. The van der Waals surface area contributed by atoms with E-state index < -0.39 is 18.1 Å². The van der Waals surface area contributed by atoms with Crippen LogP contribution in [-0.2, 0) is 17.9 Å². The number of fused-ring (bicyclic) bond motifs is 3. The van der Waals surface area contributed by atoms with Crippen molar-refractivity contribution in [1.82, 2.24) is 20.0 Å². The Hall–Kier alpha value is -3.77. The number of alkyl halides is 3. The molecule has 6 rings (SSSR count). The van der Waals surface area contributed by atoms with Gasteiger partial charge in [-0.3, -0.25) is 10.2 Å². The normalized spacial score (nSPS) is 20.3. The molecule has 2 N–H and O–H groups in total. The molecule has 3 fully saturated rings. The summed E-state index contributed by atoms with van der Waals surface area (Å²) in [6, 6.07) is 12.9. The average molecular weight is 560 g/mol. The van der Waals surface area contributed by atoms with Crippen LogP contribution >= 0.6 is 0 Å². The molecule has 0 saturated carbocycles. The monoisotopic (exact) mass is 559 g/mol. The molecule has 2 aromatic carbocycles. The fourth-order valence-electron chi connectivity index (χ4n) is 5.26. The summed E-state index contributed by atoms with van der Waals surface area (Å²) in [5, 5.41) is 10.1. The fraction of sp³-hybridized carbons (Fsp3) is 0.429. The van der Waals surface area contributed by atoms with Gasteiger partial charge >= 0.3 is 12.4 Å². The predicted molar refractivity (Wildman–Crippen MR) is 142 cm³/mol. The first-order valence-electron chi connectivity index (χ1n) is 13.2. The standard InChI is InChI=1S/C28H32F3N5O4/c1-18-25(33-27(37)32-15-21-14-19(17-38-2)8-9-23(21)40-28(29,30)31)36(22-6-4-3-5-7-22)34-26(18)39-24-16-35-12-10-20(24)11-13-35/h3-9,14,20,24H,10-13,15-17H2,1-2H3,(H2,32,33,37). The smallest absolute Gasteiger partial charge is 0.471 e. The van der Waals surface area contributed by atoms with Crippen molar-refractivity contribution < 1.29 is 32.2 Å². The Morgan fingerprint density at radius 1 is 1.12 bits per heavy atom. The molecule has 2 bridgehead atoms. The van der Waals surface area contributed by atoms with Crippen LogP contribution in [0, 0.1) is 12.8 Å². The van der Waals surface area contributed by atoms with Gasteiger partial charge in [0.2, 0.25) is 5.88 Å². The van der Waals surface area contributed by atoms with Gasteiger partial charge < -0.3 is 19.5 Å². The van der Waals surface area contributed by atoms with E-state index in [0.717, 1.165) is 38.2 Å². The number of aromatic nitrogens is 2. The summed E-state index contributed by atoms with van der Waals surface area (Å²) in [5.74, 6) is 0.908. The molecule has 1 unspecified atom stereocenters. The zero-order valence-corrected chi connectivity index (χ0v) is 22.3. The van der Waals surface area contributed by atoms with Gasteiger partial charge in [0.05, 0.1) is 17.9 Å². The Bertz CT molecular complexity index is 1320. The van der Waals surface area contributed by atoms with E-state index in [0.29, 0.717) is 28.7 Å². The lowest BCUT2D eigenvalue weighted by molar-refractivity contribution is -0.274. The second-order valence-corrected chi connectivity index (χ2v) is 10.1. The minimum absolute atomic E-state index is 0.0217. The third-order valence-electron chi connectivity index (χ3n) is 7.27. The lowest BCUT2D eigenvalue weighted by Gasteiger charge is -2.44. The molecule has 1 aromatic heterocycles. The first-order chi connectivity index (χ1) is 19.2. The maximum absolute atomic E-state index is 13.0. The van der Waals surface area contributed by atoms with E-state index in [9.17, 15) is 18.0 Å². The Kier molecular flexibility index (Phi) is 8.17. The van der Waals surface area contributed by atoms with Gasteiger partial charge in [-0.05, 0) is 68.6 Å². The third-order valence-corrected chi connectivity index (χ3v) is 7.27. The quantitative estimate of drug-likeness (QED) is 0.383. The number of nitrogens with one attached hydrogen (secondary N) is 2. The van der Waals surface area contributed by atoms with Gasteiger partial charge in [0, 0.05) is 25.8 Å². The Balaban J connectivity index is 1.35. The molecular weight excluding hydrogens is 527 g/mol. The van der Waals surface area contributed by atoms with Gasteiger partial charge in [0.1, 0.15) is 17.7 Å². The second kappa shape index (κ2) is 11.8. The summed E-state index contributed by atoms with van der Waals surface area (Å²) in [4.78, 5) is 15.4. The first kappa shape index (κ1) is 27.8. The zero-order valence-electron chi connectivity index (χ0n) is 22.3. The predicted octanol–water partition coefficient (Wildman–Crippen LogP) is 5.02. The molecule has 12 heteroatoms. The van der Waals surface area contributed by atoms with Crippen molar-refractivity contribution in [3.63, 3.8) is 0 Å². The molecule has 4 heterocycles. The van der Waals surface area contributed by atoms with Crippen LogP contribution in [0.2, 0.25) is 0 Å². The Labute approximate surface area is 230 Å². The SMILES string of the molecule is COCc1ccc(OC(F)(F)F)c(CNC(=O)Nc2c(C)c(OC3CN4CCC3CC4)nn2-c2ccccc2)c1. The largest absolute Gasteiger partial charge is 0.573 e. The van der Waals surface area contributed by atoms with Gasteiger partial charge in [-0.25, -0.2) is 9.48 Å². The number of amides is 2. The number of carbonyl (C=O) groups is 1. The number of rotatable bonds is 9. The summed E-state index contributed by atoms with van der Waals surface area (Å²) in [7, 11) is 1.48. The van der Waals surface area contributed by atoms with Crippen LogP contribution in [0.25, 0.3) is 5.69 Å². The topological polar surface area (TPSA) is 89.9 Å². The molecule has 3 saturated heterocycles. The van der Waals surface area contributed by atoms with Crippen molar-refractivity contribution in [3.05, 3.63) is 65.2 Å². The molecule has 214 valence electrons. The van der Waals surface area contributed by atoms with Crippen LogP contribution in [0.3, 0.4) is 0 Å². The van der Waals surface area contributed by atoms with Crippen LogP contribution in [0.1, 0.15) is 29.5 Å². The lowest BCUT2D eigenvalue weighted by atomic mass is 9.86. The van der Waals surface area contributed by atoms with E-state index in [2.05, 4.69) is 20.3 Å². The fourth-order valence-corrected chi connectivity index (χ4v) is 5.26. The van der Waals surface area contributed by atoms with E-state index in [1.165, 1.54) is 25.3 Å². The number of nitrogens with zero attached hydrogens (tertiary/aromatic N) is 3. The van der Waals surface area contributed by atoms with E-state index in [1.54, 1.807) is 4.68 Å². The number of urea groups is 1. The van der Waals surface area contributed by atoms with Crippen molar-refractivity contribution in [3.8, 4) is 17.3 Å². The number of piperidine rings is 3. The van der Waals surface area contributed by atoms with Crippen molar-refractivity contribution in [1.29, 1.82) is 0 Å². The van der Waals surface area contributed by atoms with Gasteiger partial charge in [0.15, 0.2) is 0 Å². The highest BCUT2D eigenvalue weighted by Crippen LogP contribution is 2.34. The van der Waals surface area contributed by atoms with Gasteiger partial charge in [-0.2, -0.15) is 0 Å². The van der Waals surface area contributed by atoms with Crippen LogP contribution in [-0.4, -0.2) is 59.9 Å². The Morgan fingerprint density at radius 3 is 2.52 bits per heavy atom. The van der Waals surface area contributed by atoms with E-state index >= 15 is 0 Å².